The van der Waals surface area contributed by atoms with E-state index in [4.69, 9.17) is 9.47 Å². The summed E-state index contributed by atoms with van der Waals surface area (Å²) in [5.41, 5.74) is 0. The second-order valence-corrected chi connectivity index (χ2v) is 11.6. The number of ether oxygens (including phenoxy) is 2. The fraction of sp³-hybridized carbons (Fsp3) is 0.967. The van der Waals surface area contributed by atoms with Crippen molar-refractivity contribution in [2.75, 3.05) is 19.8 Å². The SMILES string of the molecule is CCCCCCCCCCCCCCCCCCNC(=O)[C@H](O)[C@@H](O)[C@H](O[C@@H]1OC(CO)[C@@H](O)C(O)C1O)[C@H](O)CO. The van der Waals surface area contributed by atoms with E-state index in [1.54, 1.807) is 0 Å². The Morgan fingerprint density at radius 2 is 1.21 bits per heavy atom. The van der Waals surface area contributed by atoms with Crippen molar-refractivity contribution in [3.8, 4) is 0 Å². The average molecular weight is 610 g/mol. The third-order valence-corrected chi connectivity index (χ3v) is 7.96. The Kier molecular flexibility index (Phi) is 21.8. The maximum atomic E-state index is 12.4. The molecule has 0 spiro atoms. The Morgan fingerprint density at radius 3 is 1.67 bits per heavy atom. The van der Waals surface area contributed by atoms with Crippen molar-refractivity contribution < 1.29 is 55.1 Å². The Labute approximate surface area is 251 Å². The smallest absolute Gasteiger partial charge is 0.251 e. The van der Waals surface area contributed by atoms with E-state index < -0.39 is 74.2 Å². The first kappa shape index (κ1) is 39.1. The Morgan fingerprint density at radius 1 is 0.738 bits per heavy atom. The van der Waals surface area contributed by atoms with Gasteiger partial charge in [0.1, 0.15) is 42.7 Å². The van der Waals surface area contributed by atoms with Crippen molar-refractivity contribution in [1.29, 1.82) is 0 Å². The van der Waals surface area contributed by atoms with Crippen molar-refractivity contribution in [2.24, 2.45) is 0 Å². The highest BCUT2D eigenvalue weighted by Crippen LogP contribution is 2.25. The summed E-state index contributed by atoms with van der Waals surface area (Å²) >= 11 is 0. The van der Waals surface area contributed by atoms with Crippen LogP contribution < -0.4 is 5.32 Å². The molecule has 0 radical (unpaired) electrons. The van der Waals surface area contributed by atoms with E-state index in [0.717, 1.165) is 19.3 Å². The van der Waals surface area contributed by atoms with Crippen molar-refractivity contribution in [1.82, 2.24) is 5.32 Å². The zero-order valence-electron chi connectivity index (χ0n) is 25.4. The van der Waals surface area contributed by atoms with Gasteiger partial charge >= 0.3 is 0 Å². The second kappa shape index (κ2) is 23.5. The molecule has 0 aromatic heterocycles. The third kappa shape index (κ3) is 14.7. The maximum absolute atomic E-state index is 12.4. The molecule has 0 aromatic carbocycles. The molecule has 12 heteroatoms. The molecule has 1 fully saturated rings. The highest BCUT2D eigenvalue weighted by Gasteiger charge is 2.47. The molecular weight excluding hydrogens is 550 g/mol. The molecule has 1 amide bonds. The molecule has 9 atom stereocenters. The molecule has 1 saturated heterocycles. The van der Waals surface area contributed by atoms with Crippen LogP contribution >= 0.6 is 0 Å². The predicted molar refractivity (Wildman–Crippen MR) is 156 cm³/mol. The van der Waals surface area contributed by atoms with Crippen LogP contribution in [-0.4, -0.2) is 122 Å². The van der Waals surface area contributed by atoms with Gasteiger partial charge < -0.3 is 55.6 Å². The second-order valence-electron chi connectivity index (χ2n) is 11.6. The van der Waals surface area contributed by atoms with E-state index in [0.29, 0.717) is 6.42 Å². The molecule has 3 unspecified atom stereocenters. The van der Waals surface area contributed by atoms with Gasteiger partial charge in [0.05, 0.1) is 13.2 Å². The van der Waals surface area contributed by atoms with Gasteiger partial charge in [-0.1, -0.05) is 103 Å². The van der Waals surface area contributed by atoms with Crippen molar-refractivity contribution in [3.05, 3.63) is 0 Å². The van der Waals surface area contributed by atoms with Crippen LogP contribution in [0.3, 0.4) is 0 Å². The number of amides is 1. The van der Waals surface area contributed by atoms with Crippen LogP contribution in [-0.2, 0) is 14.3 Å². The van der Waals surface area contributed by atoms with Gasteiger partial charge in [-0.3, -0.25) is 4.79 Å². The van der Waals surface area contributed by atoms with Gasteiger partial charge in [-0.05, 0) is 6.42 Å². The molecule has 12 nitrogen and oxygen atoms in total. The standard InChI is InChI=1S/C30H59NO11/c1-2-3-4-5-6-7-8-9-10-11-12-13-14-15-16-17-18-31-29(40)26(38)25(37)28(21(34)19-32)42-30-27(39)24(36)23(35)22(20-33)41-30/h21-28,30,32-39H,2-20H2,1H3,(H,31,40)/t21-,22?,23-,24?,25-,26-,27?,28-,30+/m1/s1. The normalized spacial score (nSPS) is 25.6. The van der Waals surface area contributed by atoms with Gasteiger partial charge in [0.2, 0.25) is 0 Å². The van der Waals surface area contributed by atoms with E-state index in [2.05, 4.69) is 12.2 Å². The number of hydrogen-bond acceptors (Lipinski definition) is 11. The van der Waals surface area contributed by atoms with Crippen molar-refractivity contribution in [2.45, 2.75) is 165 Å². The van der Waals surface area contributed by atoms with E-state index in [-0.39, 0.29) is 6.54 Å². The van der Waals surface area contributed by atoms with E-state index in [1.165, 1.54) is 77.0 Å². The minimum absolute atomic E-state index is 0.280. The first-order valence-corrected chi connectivity index (χ1v) is 16.1. The molecule has 1 heterocycles. The third-order valence-electron chi connectivity index (χ3n) is 7.96. The lowest BCUT2D eigenvalue weighted by Gasteiger charge is -2.42. The minimum atomic E-state index is -2.04. The van der Waals surface area contributed by atoms with Crippen LogP contribution in [0.15, 0.2) is 0 Å². The predicted octanol–water partition coefficient (Wildman–Crippen LogP) is 0.624. The number of aliphatic hydroxyl groups excluding tert-OH is 8. The molecular formula is C30H59NO11. The monoisotopic (exact) mass is 609 g/mol. The quantitative estimate of drug-likeness (QED) is 0.0655. The molecule has 0 aromatic rings. The van der Waals surface area contributed by atoms with Gasteiger partial charge in [0, 0.05) is 6.54 Å². The van der Waals surface area contributed by atoms with Gasteiger partial charge in [-0.15, -0.1) is 0 Å². The lowest BCUT2D eigenvalue weighted by Crippen LogP contribution is -2.62. The fourth-order valence-electron chi connectivity index (χ4n) is 5.16. The highest BCUT2D eigenvalue weighted by molar-refractivity contribution is 5.81. The average Bonchev–Trinajstić information content (AvgIpc) is 2.99. The van der Waals surface area contributed by atoms with Gasteiger partial charge in [0.15, 0.2) is 12.4 Å². The number of nitrogens with one attached hydrogen (secondary N) is 1. The summed E-state index contributed by atoms with van der Waals surface area (Å²) < 4.78 is 10.5. The van der Waals surface area contributed by atoms with E-state index in [1.807, 2.05) is 0 Å². The summed E-state index contributed by atoms with van der Waals surface area (Å²) in [7, 11) is 0. The molecule has 1 aliphatic rings. The highest BCUT2D eigenvalue weighted by atomic mass is 16.7. The lowest BCUT2D eigenvalue weighted by molar-refractivity contribution is -0.326. The van der Waals surface area contributed by atoms with Gasteiger partial charge in [-0.2, -0.15) is 0 Å². The number of rotatable bonds is 25. The van der Waals surface area contributed by atoms with Gasteiger partial charge in [0.25, 0.3) is 5.91 Å². The van der Waals surface area contributed by atoms with E-state index in [9.17, 15) is 45.6 Å². The fourth-order valence-corrected chi connectivity index (χ4v) is 5.16. The number of carbonyl (C=O) groups excluding carboxylic acids is 1. The first-order valence-electron chi connectivity index (χ1n) is 16.1. The summed E-state index contributed by atoms with van der Waals surface area (Å²) in [5, 5.41) is 82.2. The summed E-state index contributed by atoms with van der Waals surface area (Å²) in [4.78, 5) is 12.4. The Hall–Kier alpha value is -0.930. The molecule has 0 bridgehead atoms. The first-order chi connectivity index (χ1) is 20.2. The van der Waals surface area contributed by atoms with Crippen molar-refractivity contribution >= 4 is 5.91 Å². The maximum Gasteiger partial charge on any atom is 0.251 e. The Bertz CT molecular complexity index is 671. The number of carbonyl (C=O) groups is 1. The molecule has 9 N–H and O–H groups in total. The minimum Gasteiger partial charge on any atom is -0.394 e. The van der Waals surface area contributed by atoms with Crippen molar-refractivity contribution in [3.63, 3.8) is 0 Å². The zero-order valence-corrected chi connectivity index (χ0v) is 25.4. The molecule has 0 aliphatic carbocycles. The van der Waals surface area contributed by atoms with Crippen LogP contribution in [0.1, 0.15) is 110 Å². The van der Waals surface area contributed by atoms with Crippen LogP contribution in [0.5, 0.6) is 0 Å². The van der Waals surface area contributed by atoms with Gasteiger partial charge in [-0.25, -0.2) is 0 Å². The lowest BCUT2D eigenvalue weighted by atomic mass is 9.98. The van der Waals surface area contributed by atoms with Crippen LogP contribution in [0.4, 0.5) is 0 Å². The summed E-state index contributed by atoms with van der Waals surface area (Å²) in [6.45, 7) is 0.866. The van der Waals surface area contributed by atoms with Crippen LogP contribution in [0, 0.1) is 0 Å². The largest absolute Gasteiger partial charge is 0.394 e. The molecule has 1 aliphatic heterocycles. The number of hydrogen-bond donors (Lipinski definition) is 9. The summed E-state index contributed by atoms with van der Waals surface area (Å²) in [5.74, 6) is -0.906. The summed E-state index contributed by atoms with van der Waals surface area (Å²) in [6.07, 6.45) is 3.54. The number of unbranched alkanes of at least 4 members (excludes halogenated alkanes) is 15. The Balaban J connectivity index is 2.25. The molecule has 42 heavy (non-hydrogen) atoms. The molecule has 1 rings (SSSR count). The molecule has 0 saturated carbocycles. The zero-order chi connectivity index (χ0) is 31.3. The van der Waals surface area contributed by atoms with Crippen LogP contribution in [0.25, 0.3) is 0 Å². The molecule has 250 valence electrons. The van der Waals surface area contributed by atoms with Crippen LogP contribution in [0.2, 0.25) is 0 Å². The number of aliphatic hydroxyl groups is 8. The summed E-state index contributed by atoms with van der Waals surface area (Å²) in [6, 6.07) is 0. The van der Waals surface area contributed by atoms with E-state index >= 15 is 0 Å². The topological polar surface area (TPSA) is 209 Å².